The number of carbonyl (C=O) groups is 1. The summed E-state index contributed by atoms with van der Waals surface area (Å²) in [5, 5.41) is 0. The molecule has 1 unspecified atom stereocenters. The summed E-state index contributed by atoms with van der Waals surface area (Å²) in [6.45, 7) is 3.95. The fourth-order valence-electron chi connectivity index (χ4n) is 1.84. The molecule has 92 valence electrons. The van der Waals surface area contributed by atoms with E-state index in [0.29, 0.717) is 19.8 Å². The van der Waals surface area contributed by atoms with E-state index in [1.807, 2.05) is 42.2 Å². The summed E-state index contributed by atoms with van der Waals surface area (Å²) in [4.78, 5) is 13.7. The number of carbonyl (C=O) groups excluding carboxylic acids is 1. The molecule has 17 heavy (non-hydrogen) atoms. The van der Waals surface area contributed by atoms with E-state index in [-0.39, 0.29) is 18.6 Å². The molecule has 4 heteroatoms. The summed E-state index contributed by atoms with van der Waals surface area (Å²) in [6.07, 6.45) is 0. The topological polar surface area (TPSA) is 38.8 Å². The van der Waals surface area contributed by atoms with Crippen LogP contribution >= 0.6 is 0 Å². The van der Waals surface area contributed by atoms with Gasteiger partial charge in [0.2, 0.25) is 0 Å². The summed E-state index contributed by atoms with van der Waals surface area (Å²) < 4.78 is 10.7. The highest BCUT2D eigenvalue weighted by Gasteiger charge is 2.23. The van der Waals surface area contributed by atoms with E-state index in [1.165, 1.54) is 0 Å². The first-order chi connectivity index (χ1) is 8.27. The van der Waals surface area contributed by atoms with Crippen molar-refractivity contribution < 1.29 is 14.3 Å². The first-order valence-electron chi connectivity index (χ1n) is 5.82. The Bertz CT molecular complexity index is 366. The van der Waals surface area contributed by atoms with Crippen LogP contribution in [0.5, 0.6) is 5.75 Å². The molecule has 0 spiro atoms. The highest BCUT2D eigenvalue weighted by molar-refractivity contribution is 5.78. The van der Waals surface area contributed by atoms with Gasteiger partial charge in [-0.1, -0.05) is 18.2 Å². The van der Waals surface area contributed by atoms with Gasteiger partial charge in [-0.15, -0.1) is 0 Å². The van der Waals surface area contributed by atoms with Crippen LogP contribution in [0.2, 0.25) is 0 Å². The van der Waals surface area contributed by atoms with Gasteiger partial charge in [0.1, 0.15) is 5.75 Å². The van der Waals surface area contributed by atoms with Crippen LogP contribution in [0.4, 0.5) is 0 Å². The summed E-state index contributed by atoms with van der Waals surface area (Å²) in [7, 11) is 0. The zero-order valence-electron chi connectivity index (χ0n) is 9.96. The molecule has 0 N–H and O–H groups in total. The SMILES string of the molecule is CC1COCCN1C(=O)COc1ccccc1. The van der Waals surface area contributed by atoms with Crippen LogP contribution in [0.15, 0.2) is 30.3 Å². The molecule has 1 atom stereocenters. The Labute approximate surface area is 101 Å². The van der Waals surface area contributed by atoms with Gasteiger partial charge in [0.25, 0.3) is 5.91 Å². The maximum atomic E-state index is 11.9. The van der Waals surface area contributed by atoms with E-state index >= 15 is 0 Å². The number of amides is 1. The first-order valence-corrected chi connectivity index (χ1v) is 5.82. The van der Waals surface area contributed by atoms with Gasteiger partial charge in [0, 0.05) is 6.54 Å². The van der Waals surface area contributed by atoms with Gasteiger partial charge in [0.05, 0.1) is 19.3 Å². The van der Waals surface area contributed by atoms with Crippen molar-refractivity contribution in [2.75, 3.05) is 26.4 Å². The molecule has 1 aromatic rings. The molecule has 4 nitrogen and oxygen atoms in total. The monoisotopic (exact) mass is 235 g/mol. The van der Waals surface area contributed by atoms with Gasteiger partial charge in [-0.3, -0.25) is 4.79 Å². The molecule has 0 aromatic heterocycles. The molecule has 1 fully saturated rings. The predicted molar refractivity (Wildman–Crippen MR) is 63.9 cm³/mol. The van der Waals surface area contributed by atoms with Gasteiger partial charge in [-0.05, 0) is 19.1 Å². The van der Waals surface area contributed by atoms with Crippen LogP contribution in [0.25, 0.3) is 0 Å². The summed E-state index contributed by atoms with van der Waals surface area (Å²) >= 11 is 0. The molecular formula is C13H17NO3. The first kappa shape index (κ1) is 11.9. The van der Waals surface area contributed by atoms with Crippen molar-refractivity contribution in [2.45, 2.75) is 13.0 Å². The van der Waals surface area contributed by atoms with E-state index in [9.17, 15) is 4.79 Å². The van der Waals surface area contributed by atoms with Crippen molar-refractivity contribution in [1.29, 1.82) is 0 Å². The molecule has 0 saturated carbocycles. The summed E-state index contributed by atoms with van der Waals surface area (Å²) in [5.41, 5.74) is 0. The number of ether oxygens (including phenoxy) is 2. The second-order valence-corrected chi connectivity index (χ2v) is 4.11. The van der Waals surface area contributed by atoms with Crippen molar-refractivity contribution in [1.82, 2.24) is 4.90 Å². The number of rotatable bonds is 3. The van der Waals surface area contributed by atoms with E-state index in [1.54, 1.807) is 0 Å². The third kappa shape index (κ3) is 3.20. The van der Waals surface area contributed by atoms with Crippen LogP contribution in [0, 0.1) is 0 Å². The van der Waals surface area contributed by atoms with Crippen molar-refractivity contribution in [3.8, 4) is 5.75 Å². The molecule has 0 radical (unpaired) electrons. The Morgan fingerprint density at radius 2 is 2.24 bits per heavy atom. The number of para-hydroxylation sites is 1. The summed E-state index contributed by atoms with van der Waals surface area (Å²) in [6, 6.07) is 9.51. The van der Waals surface area contributed by atoms with Crippen molar-refractivity contribution in [3.05, 3.63) is 30.3 Å². The molecule has 1 saturated heterocycles. The lowest BCUT2D eigenvalue weighted by atomic mass is 10.2. The third-order valence-corrected chi connectivity index (χ3v) is 2.79. The van der Waals surface area contributed by atoms with Gasteiger partial charge >= 0.3 is 0 Å². The largest absolute Gasteiger partial charge is 0.484 e. The molecule has 1 aliphatic rings. The van der Waals surface area contributed by atoms with E-state index in [2.05, 4.69) is 0 Å². The summed E-state index contributed by atoms with van der Waals surface area (Å²) in [5.74, 6) is 0.742. The fraction of sp³-hybridized carbons (Fsp3) is 0.462. The second kappa shape index (κ2) is 5.68. The van der Waals surface area contributed by atoms with E-state index in [0.717, 1.165) is 5.75 Å². The Morgan fingerprint density at radius 3 is 2.94 bits per heavy atom. The van der Waals surface area contributed by atoms with Crippen LogP contribution < -0.4 is 4.74 Å². The lowest BCUT2D eigenvalue weighted by molar-refractivity contribution is -0.141. The molecule has 0 bridgehead atoms. The fourth-order valence-corrected chi connectivity index (χ4v) is 1.84. The van der Waals surface area contributed by atoms with Gasteiger partial charge in [-0.25, -0.2) is 0 Å². The molecule has 1 aromatic carbocycles. The van der Waals surface area contributed by atoms with E-state index in [4.69, 9.17) is 9.47 Å². The normalized spacial score (nSPS) is 20.1. The van der Waals surface area contributed by atoms with Gasteiger partial charge < -0.3 is 14.4 Å². The number of nitrogens with zero attached hydrogens (tertiary/aromatic N) is 1. The van der Waals surface area contributed by atoms with E-state index < -0.39 is 0 Å². The third-order valence-electron chi connectivity index (χ3n) is 2.79. The average Bonchev–Trinajstić information content (AvgIpc) is 2.38. The standard InChI is InChI=1S/C13H17NO3/c1-11-9-16-8-7-14(11)13(15)10-17-12-5-3-2-4-6-12/h2-6,11H,7-10H2,1H3. The lowest BCUT2D eigenvalue weighted by Gasteiger charge is -2.33. The Hall–Kier alpha value is -1.55. The predicted octanol–water partition coefficient (Wildman–Crippen LogP) is 1.31. The van der Waals surface area contributed by atoms with Gasteiger partial charge in [0.15, 0.2) is 6.61 Å². The molecule has 2 rings (SSSR count). The van der Waals surface area contributed by atoms with Crippen LogP contribution in [-0.4, -0.2) is 43.2 Å². The highest BCUT2D eigenvalue weighted by Crippen LogP contribution is 2.10. The molecule has 1 aliphatic heterocycles. The minimum Gasteiger partial charge on any atom is -0.484 e. The Morgan fingerprint density at radius 1 is 1.47 bits per heavy atom. The molecule has 1 amide bonds. The lowest BCUT2D eigenvalue weighted by Crippen LogP contribution is -2.48. The second-order valence-electron chi connectivity index (χ2n) is 4.11. The Balaban J connectivity index is 1.84. The maximum absolute atomic E-state index is 11.9. The molecule has 0 aliphatic carbocycles. The van der Waals surface area contributed by atoms with Crippen LogP contribution in [-0.2, 0) is 9.53 Å². The number of morpholine rings is 1. The van der Waals surface area contributed by atoms with Crippen molar-refractivity contribution in [3.63, 3.8) is 0 Å². The average molecular weight is 235 g/mol. The Kier molecular flexibility index (Phi) is 3.98. The highest BCUT2D eigenvalue weighted by atomic mass is 16.5. The maximum Gasteiger partial charge on any atom is 0.260 e. The minimum absolute atomic E-state index is 0.0182. The molecular weight excluding hydrogens is 218 g/mol. The number of hydrogen-bond acceptors (Lipinski definition) is 3. The zero-order chi connectivity index (χ0) is 12.1. The number of benzene rings is 1. The van der Waals surface area contributed by atoms with Crippen molar-refractivity contribution in [2.24, 2.45) is 0 Å². The number of hydrogen-bond donors (Lipinski definition) is 0. The van der Waals surface area contributed by atoms with Gasteiger partial charge in [-0.2, -0.15) is 0 Å². The quantitative estimate of drug-likeness (QED) is 0.793. The zero-order valence-corrected chi connectivity index (χ0v) is 9.96. The van der Waals surface area contributed by atoms with Crippen molar-refractivity contribution >= 4 is 5.91 Å². The smallest absolute Gasteiger partial charge is 0.260 e. The van der Waals surface area contributed by atoms with Crippen LogP contribution in [0.3, 0.4) is 0 Å². The minimum atomic E-state index is 0.0182. The molecule has 1 heterocycles. The van der Waals surface area contributed by atoms with Crippen LogP contribution in [0.1, 0.15) is 6.92 Å².